The number of hydrogen-bond donors (Lipinski definition) is 2. The molecule has 2 N–H and O–H groups in total. The predicted molar refractivity (Wildman–Crippen MR) is 60.3 cm³/mol. The lowest BCUT2D eigenvalue weighted by Gasteiger charge is -2.40. The molecule has 1 saturated heterocycles. The summed E-state index contributed by atoms with van der Waals surface area (Å²) < 4.78 is 5.64. The minimum atomic E-state index is -0.742. The first-order valence-electron chi connectivity index (χ1n) is 6.16. The molecule has 2 aliphatic rings. The Hall–Kier alpha value is -0.610. The van der Waals surface area contributed by atoms with Gasteiger partial charge in [0.2, 0.25) is 0 Å². The van der Waals surface area contributed by atoms with E-state index >= 15 is 0 Å². The summed E-state index contributed by atoms with van der Waals surface area (Å²) in [4.78, 5) is 11.5. The number of ether oxygens (including phenoxy) is 1. The number of rotatable bonds is 4. The summed E-state index contributed by atoms with van der Waals surface area (Å²) in [5.41, 5.74) is -0.742. The lowest BCUT2D eigenvalue weighted by atomic mass is 9.83. The molecule has 2 unspecified atom stereocenters. The number of carboxylic acids is 1. The SMILES string of the molecule is CC(C)C1CC(NC2CC2)(C(=O)O)CCO1. The third-order valence-corrected chi connectivity index (χ3v) is 3.62. The van der Waals surface area contributed by atoms with E-state index in [1.165, 1.54) is 0 Å². The molecule has 16 heavy (non-hydrogen) atoms. The van der Waals surface area contributed by atoms with Crippen molar-refractivity contribution < 1.29 is 14.6 Å². The van der Waals surface area contributed by atoms with Gasteiger partial charge in [-0.2, -0.15) is 0 Å². The Labute approximate surface area is 96.4 Å². The van der Waals surface area contributed by atoms with E-state index in [-0.39, 0.29) is 6.10 Å². The van der Waals surface area contributed by atoms with Crippen molar-refractivity contribution in [3.05, 3.63) is 0 Å². The van der Waals surface area contributed by atoms with Crippen LogP contribution >= 0.6 is 0 Å². The van der Waals surface area contributed by atoms with Crippen molar-refractivity contribution in [1.29, 1.82) is 0 Å². The van der Waals surface area contributed by atoms with E-state index < -0.39 is 11.5 Å². The van der Waals surface area contributed by atoms with Gasteiger partial charge >= 0.3 is 5.97 Å². The van der Waals surface area contributed by atoms with Crippen molar-refractivity contribution in [2.45, 2.75) is 57.2 Å². The maximum atomic E-state index is 11.5. The van der Waals surface area contributed by atoms with Gasteiger partial charge in [0.05, 0.1) is 6.10 Å². The third-order valence-electron chi connectivity index (χ3n) is 3.62. The van der Waals surface area contributed by atoms with Crippen LogP contribution in [0.4, 0.5) is 0 Å². The van der Waals surface area contributed by atoms with E-state index in [9.17, 15) is 9.90 Å². The highest BCUT2D eigenvalue weighted by atomic mass is 16.5. The van der Waals surface area contributed by atoms with E-state index in [0.717, 1.165) is 12.8 Å². The van der Waals surface area contributed by atoms with Crippen LogP contribution in [0.5, 0.6) is 0 Å². The van der Waals surface area contributed by atoms with Gasteiger partial charge in [-0.3, -0.25) is 10.1 Å². The van der Waals surface area contributed by atoms with Gasteiger partial charge in [0.15, 0.2) is 0 Å². The molecule has 0 spiro atoms. The average molecular weight is 227 g/mol. The van der Waals surface area contributed by atoms with Gasteiger partial charge in [0.1, 0.15) is 5.54 Å². The molecule has 0 radical (unpaired) electrons. The van der Waals surface area contributed by atoms with Crippen LogP contribution in [0.2, 0.25) is 0 Å². The highest BCUT2D eigenvalue weighted by Gasteiger charge is 2.46. The predicted octanol–water partition coefficient (Wildman–Crippen LogP) is 1.40. The molecule has 92 valence electrons. The van der Waals surface area contributed by atoms with Gasteiger partial charge in [-0.1, -0.05) is 13.8 Å². The molecule has 4 heteroatoms. The largest absolute Gasteiger partial charge is 0.480 e. The summed E-state index contributed by atoms with van der Waals surface area (Å²) in [6.07, 6.45) is 3.47. The molecule has 0 bridgehead atoms. The highest BCUT2D eigenvalue weighted by molar-refractivity contribution is 5.79. The first kappa shape index (κ1) is 11.9. The smallest absolute Gasteiger partial charge is 0.324 e. The van der Waals surface area contributed by atoms with E-state index in [1.807, 2.05) is 0 Å². The zero-order chi connectivity index (χ0) is 11.8. The van der Waals surface area contributed by atoms with Crippen molar-refractivity contribution in [2.75, 3.05) is 6.61 Å². The van der Waals surface area contributed by atoms with Gasteiger partial charge in [-0.05, 0) is 25.2 Å². The Balaban J connectivity index is 2.07. The molecule has 4 nitrogen and oxygen atoms in total. The molecule has 1 saturated carbocycles. The molecule has 0 aromatic heterocycles. The lowest BCUT2D eigenvalue weighted by Crippen LogP contribution is -2.58. The first-order valence-corrected chi connectivity index (χ1v) is 6.16. The second-order valence-corrected chi connectivity index (χ2v) is 5.41. The van der Waals surface area contributed by atoms with Gasteiger partial charge in [-0.25, -0.2) is 0 Å². The topological polar surface area (TPSA) is 58.6 Å². The maximum absolute atomic E-state index is 11.5. The fourth-order valence-electron chi connectivity index (χ4n) is 2.32. The van der Waals surface area contributed by atoms with Gasteiger partial charge in [-0.15, -0.1) is 0 Å². The molecular weight excluding hydrogens is 206 g/mol. The average Bonchev–Trinajstić information content (AvgIpc) is 3.01. The molecule has 1 aliphatic heterocycles. The van der Waals surface area contributed by atoms with Crippen molar-refractivity contribution in [3.8, 4) is 0 Å². The second kappa shape index (κ2) is 4.34. The molecule has 1 heterocycles. The van der Waals surface area contributed by atoms with Crippen LogP contribution < -0.4 is 5.32 Å². The van der Waals surface area contributed by atoms with E-state index in [4.69, 9.17) is 4.74 Å². The van der Waals surface area contributed by atoms with Crippen LogP contribution in [0, 0.1) is 5.92 Å². The maximum Gasteiger partial charge on any atom is 0.324 e. The van der Waals surface area contributed by atoms with Crippen LogP contribution in [0.15, 0.2) is 0 Å². The standard InChI is InChI=1S/C12H21NO3/c1-8(2)10-7-12(11(14)15,5-6-16-10)13-9-3-4-9/h8-10,13H,3-7H2,1-2H3,(H,14,15). The molecule has 2 atom stereocenters. The Kier molecular flexibility index (Phi) is 3.22. The number of aliphatic carboxylic acids is 1. The van der Waals surface area contributed by atoms with Gasteiger partial charge in [0, 0.05) is 19.1 Å². The number of hydrogen-bond acceptors (Lipinski definition) is 3. The van der Waals surface area contributed by atoms with E-state index in [1.54, 1.807) is 0 Å². The Morgan fingerprint density at radius 1 is 1.50 bits per heavy atom. The molecule has 2 fully saturated rings. The third kappa shape index (κ3) is 2.38. The Morgan fingerprint density at radius 2 is 2.19 bits per heavy atom. The normalized spacial score (nSPS) is 35.3. The number of nitrogens with one attached hydrogen (secondary N) is 1. The van der Waals surface area contributed by atoms with Crippen LogP contribution in [0.25, 0.3) is 0 Å². The quantitative estimate of drug-likeness (QED) is 0.762. The molecule has 0 aromatic carbocycles. The van der Waals surface area contributed by atoms with Gasteiger partial charge < -0.3 is 9.84 Å². The van der Waals surface area contributed by atoms with Crippen LogP contribution in [-0.4, -0.2) is 35.4 Å². The molecule has 0 amide bonds. The summed E-state index contributed by atoms with van der Waals surface area (Å²) in [5.74, 6) is -0.339. The van der Waals surface area contributed by atoms with Crippen molar-refractivity contribution in [1.82, 2.24) is 5.32 Å². The number of carbonyl (C=O) groups is 1. The molecule has 2 rings (SSSR count). The monoisotopic (exact) mass is 227 g/mol. The van der Waals surface area contributed by atoms with Crippen molar-refractivity contribution in [2.24, 2.45) is 5.92 Å². The zero-order valence-electron chi connectivity index (χ0n) is 10.0. The van der Waals surface area contributed by atoms with E-state index in [0.29, 0.717) is 31.4 Å². The Morgan fingerprint density at radius 3 is 2.69 bits per heavy atom. The fraction of sp³-hybridized carbons (Fsp3) is 0.917. The summed E-state index contributed by atoms with van der Waals surface area (Å²) in [6.45, 7) is 4.72. The summed E-state index contributed by atoms with van der Waals surface area (Å²) in [6, 6.07) is 0.419. The lowest BCUT2D eigenvalue weighted by molar-refractivity contribution is -0.153. The van der Waals surface area contributed by atoms with E-state index in [2.05, 4.69) is 19.2 Å². The first-order chi connectivity index (χ1) is 7.53. The van der Waals surface area contributed by atoms with Crippen molar-refractivity contribution in [3.63, 3.8) is 0 Å². The zero-order valence-corrected chi connectivity index (χ0v) is 10.0. The van der Waals surface area contributed by atoms with Crippen LogP contribution in [0.3, 0.4) is 0 Å². The molecule has 1 aliphatic carbocycles. The van der Waals surface area contributed by atoms with Crippen LogP contribution in [0.1, 0.15) is 39.5 Å². The summed E-state index contributed by atoms with van der Waals surface area (Å²) >= 11 is 0. The molecule has 0 aromatic rings. The van der Waals surface area contributed by atoms with Crippen LogP contribution in [-0.2, 0) is 9.53 Å². The summed E-state index contributed by atoms with van der Waals surface area (Å²) in [5, 5.41) is 12.8. The minimum absolute atomic E-state index is 0.0658. The van der Waals surface area contributed by atoms with Gasteiger partial charge in [0.25, 0.3) is 0 Å². The fourth-order valence-corrected chi connectivity index (χ4v) is 2.32. The molecular formula is C12H21NO3. The summed E-state index contributed by atoms with van der Waals surface area (Å²) in [7, 11) is 0. The Bertz CT molecular complexity index is 275. The second-order valence-electron chi connectivity index (χ2n) is 5.41. The minimum Gasteiger partial charge on any atom is -0.480 e. The van der Waals surface area contributed by atoms with Crippen molar-refractivity contribution >= 4 is 5.97 Å². The highest BCUT2D eigenvalue weighted by Crippen LogP contribution is 2.32. The number of carboxylic acid groups (broad SMARTS) is 1.